The van der Waals surface area contributed by atoms with Crippen molar-refractivity contribution in [2.45, 2.75) is 20.1 Å². The zero-order valence-corrected chi connectivity index (χ0v) is 12.0. The molecule has 1 aromatic rings. The number of aryl methyl sites for hydroxylation is 1. The normalized spacial score (nSPS) is 9.10. The molecule has 0 saturated heterocycles. The predicted octanol–water partition coefficient (Wildman–Crippen LogP) is -0.362. The maximum absolute atomic E-state index is 9.38. The van der Waals surface area contributed by atoms with Crippen LogP contribution < -0.4 is 18.5 Å². The van der Waals surface area contributed by atoms with E-state index in [4.69, 9.17) is 29.5 Å². The molecule has 1 aromatic heterocycles. The van der Waals surface area contributed by atoms with Gasteiger partial charge in [0, 0.05) is 17.3 Å². The number of aromatic nitrogens is 1. The van der Waals surface area contributed by atoms with Gasteiger partial charge in [0.2, 0.25) is 0 Å². The molecule has 1 heterocycles. The third kappa shape index (κ3) is 10.8. The second-order valence-corrected chi connectivity index (χ2v) is 4.05. The molecular formula is C8H23N4O7P. The molecule has 0 aromatic carbocycles. The van der Waals surface area contributed by atoms with Crippen molar-refractivity contribution in [2.24, 2.45) is 0 Å². The topological polar surface area (TPSA) is 256 Å². The molecule has 0 aliphatic carbocycles. The summed E-state index contributed by atoms with van der Waals surface area (Å²) >= 11 is 0. The number of aromatic hydroxyl groups is 1. The van der Waals surface area contributed by atoms with E-state index in [1.54, 1.807) is 6.92 Å². The molecule has 0 saturated carbocycles. The molecule has 0 fully saturated rings. The smallest absolute Gasteiger partial charge is 0.466 e. The number of hydrogen-bond donors (Lipinski definition) is 9. The molecule has 0 aliphatic rings. The van der Waals surface area contributed by atoms with Gasteiger partial charge in [0.05, 0.1) is 18.9 Å². The molecule has 0 amide bonds. The highest BCUT2D eigenvalue weighted by Gasteiger charge is 2.09. The Bertz CT molecular complexity index is 417. The first-order valence-corrected chi connectivity index (χ1v) is 5.93. The molecule has 1 rings (SSSR count). The average molecular weight is 318 g/mol. The molecule has 0 aliphatic heterocycles. The molecular weight excluding hydrogens is 295 g/mol. The number of hydrogen-bond acceptors (Lipinski definition) is 8. The number of rotatable bonds is 2. The Hall–Kier alpha value is -1.14. The van der Waals surface area contributed by atoms with Gasteiger partial charge in [-0.25, -0.2) is 4.57 Å². The van der Waals surface area contributed by atoms with Gasteiger partial charge >= 0.3 is 7.82 Å². The number of pyridine rings is 1. The zero-order valence-electron chi connectivity index (χ0n) is 11.1. The minimum Gasteiger partial charge on any atom is -0.506 e. The first kappa shape index (κ1) is 27.2. The van der Waals surface area contributed by atoms with Gasteiger partial charge in [0.15, 0.2) is 0 Å². The van der Waals surface area contributed by atoms with Crippen molar-refractivity contribution >= 4 is 7.82 Å². The van der Waals surface area contributed by atoms with Gasteiger partial charge in [-0.3, -0.25) is 4.98 Å². The Morgan fingerprint density at radius 2 is 1.50 bits per heavy atom. The fourth-order valence-electron chi connectivity index (χ4n) is 0.997. The second kappa shape index (κ2) is 11.7. The molecule has 0 unspecified atom stereocenters. The summed E-state index contributed by atoms with van der Waals surface area (Å²) in [6.07, 6.45) is 1.45. The predicted molar refractivity (Wildman–Crippen MR) is 71.8 cm³/mol. The van der Waals surface area contributed by atoms with E-state index >= 15 is 0 Å². The van der Waals surface area contributed by atoms with Gasteiger partial charge in [-0.1, -0.05) is 0 Å². The first-order valence-electron chi connectivity index (χ1n) is 4.37. The van der Waals surface area contributed by atoms with Gasteiger partial charge in [-0.05, 0) is 6.92 Å². The van der Waals surface area contributed by atoms with E-state index in [1.807, 2.05) is 0 Å². The Morgan fingerprint density at radius 3 is 1.80 bits per heavy atom. The third-order valence-corrected chi connectivity index (χ3v) is 1.76. The maximum Gasteiger partial charge on any atom is 0.466 e. The van der Waals surface area contributed by atoms with E-state index in [9.17, 15) is 5.11 Å². The molecule has 20 heavy (non-hydrogen) atoms. The van der Waals surface area contributed by atoms with Crippen LogP contribution in [-0.2, 0) is 17.8 Å². The summed E-state index contributed by atoms with van der Waals surface area (Å²) in [5, 5.41) is 27.0. The van der Waals surface area contributed by atoms with Gasteiger partial charge in [-0.2, -0.15) is 0 Å². The van der Waals surface area contributed by atoms with Crippen LogP contribution in [0.2, 0.25) is 0 Å². The van der Waals surface area contributed by atoms with Crippen LogP contribution in [0.3, 0.4) is 0 Å². The fourth-order valence-corrected chi connectivity index (χ4v) is 0.997. The van der Waals surface area contributed by atoms with E-state index < -0.39 is 7.82 Å². The summed E-state index contributed by atoms with van der Waals surface area (Å²) < 4.78 is 8.88. The Morgan fingerprint density at radius 1 is 1.10 bits per heavy atom. The van der Waals surface area contributed by atoms with Crippen LogP contribution in [0.1, 0.15) is 16.8 Å². The van der Waals surface area contributed by atoms with Crippen LogP contribution in [0.25, 0.3) is 0 Å². The van der Waals surface area contributed by atoms with E-state index in [-0.39, 0.29) is 37.4 Å². The van der Waals surface area contributed by atoms with E-state index in [2.05, 4.69) is 4.98 Å². The van der Waals surface area contributed by atoms with E-state index in [0.29, 0.717) is 16.8 Å². The zero-order chi connectivity index (χ0) is 13.6. The summed E-state index contributed by atoms with van der Waals surface area (Å²) in [4.78, 5) is 25.4. The fraction of sp³-hybridized carbons (Fsp3) is 0.375. The minimum atomic E-state index is -4.64. The minimum absolute atomic E-state index is 0. The lowest BCUT2D eigenvalue weighted by atomic mass is 10.1. The van der Waals surface area contributed by atoms with Crippen molar-refractivity contribution < 1.29 is 34.6 Å². The van der Waals surface area contributed by atoms with Crippen LogP contribution in [0.4, 0.5) is 0 Å². The van der Waals surface area contributed by atoms with Gasteiger partial charge in [0.1, 0.15) is 5.75 Å². The van der Waals surface area contributed by atoms with Crippen molar-refractivity contribution in [3.63, 3.8) is 0 Å². The van der Waals surface area contributed by atoms with Crippen LogP contribution in [0.15, 0.2) is 6.20 Å². The highest BCUT2D eigenvalue weighted by Crippen LogP contribution is 2.25. The quantitative estimate of drug-likeness (QED) is 0.318. The SMILES string of the molecule is Cc1ncc(CO)c(CO)c1O.N.N.N.O=P(O)(O)O. The Labute approximate surface area is 115 Å². The summed E-state index contributed by atoms with van der Waals surface area (Å²) in [5.74, 6) is -0.0379. The van der Waals surface area contributed by atoms with Crippen molar-refractivity contribution in [1.82, 2.24) is 23.4 Å². The molecule has 15 N–H and O–H groups in total. The van der Waals surface area contributed by atoms with Gasteiger partial charge in [-0.15, -0.1) is 0 Å². The highest BCUT2D eigenvalue weighted by atomic mass is 31.2. The van der Waals surface area contributed by atoms with Crippen LogP contribution in [-0.4, -0.2) is 35.0 Å². The number of phosphoric acid groups is 1. The average Bonchev–Trinajstić information content (AvgIpc) is 2.19. The van der Waals surface area contributed by atoms with E-state index in [1.165, 1.54) is 6.20 Å². The molecule has 12 heteroatoms. The number of aliphatic hydroxyl groups excluding tert-OH is 2. The van der Waals surface area contributed by atoms with Gasteiger partial charge in [0.25, 0.3) is 0 Å². The summed E-state index contributed by atoms with van der Waals surface area (Å²) in [5.41, 5.74) is 1.27. The number of nitrogens with zero attached hydrogens (tertiary/aromatic N) is 1. The summed E-state index contributed by atoms with van der Waals surface area (Å²) in [6, 6.07) is 0. The van der Waals surface area contributed by atoms with Crippen molar-refractivity contribution in [3.8, 4) is 5.75 Å². The highest BCUT2D eigenvalue weighted by molar-refractivity contribution is 7.45. The van der Waals surface area contributed by atoms with Crippen LogP contribution in [0.5, 0.6) is 5.75 Å². The molecule has 0 atom stereocenters. The lowest BCUT2D eigenvalue weighted by molar-refractivity contribution is 0.254. The van der Waals surface area contributed by atoms with Crippen molar-refractivity contribution in [3.05, 3.63) is 23.0 Å². The molecule has 11 nitrogen and oxygen atoms in total. The molecule has 0 bridgehead atoms. The lowest BCUT2D eigenvalue weighted by Gasteiger charge is -2.07. The lowest BCUT2D eigenvalue weighted by Crippen LogP contribution is -1.98. The van der Waals surface area contributed by atoms with Crippen LogP contribution in [0, 0.1) is 6.92 Å². The van der Waals surface area contributed by atoms with Crippen molar-refractivity contribution in [2.75, 3.05) is 0 Å². The Balaban J connectivity index is -0.000000141. The first-order chi connectivity index (χ1) is 7.70. The maximum atomic E-state index is 9.38. The standard InChI is InChI=1S/C8H11NO3.3H3N.H3O4P/c1-5-8(12)7(4-11)6(3-10)2-9-5;;;;1-5(2,3)4/h2,10-12H,3-4H2,1H3;3*1H3;(H3,1,2,3,4). The second-order valence-electron chi connectivity index (χ2n) is 3.03. The summed E-state index contributed by atoms with van der Waals surface area (Å²) in [6.45, 7) is 1.12. The third-order valence-electron chi connectivity index (χ3n) is 1.76. The van der Waals surface area contributed by atoms with E-state index in [0.717, 1.165) is 0 Å². The number of aliphatic hydroxyl groups is 2. The summed E-state index contributed by atoms with van der Waals surface area (Å²) in [7, 11) is -4.64. The Kier molecular flexibility index (Phi) is 15.9. The molecule has 122 valence electrons. The molecule has 0 spiro atoms. The van der Waals surface area contributed by atoms with Crippen LogP contribution >= 0.6 is 7.82 Å². The monoisotopic (exact) mass is 318 g/mol. The van der Waals surface area contributed by atoms with Gasteiger partial charge < -0.3 is 48.5 Å². The van der Waals surface area contributed by atoms with Crippen molar-refractivity contribution in [1.29, 1.82) is 0 Å². The largest absolute Gasteiger partial charge is 0.506 e. The molecule has 0 radical (unpaired) electrons.